The Hall–Kier alpha value is -3.00. The third-order valence-corrected chi connectivity index (χ3v) is 4.52. The molecular weight excluding hydrogens is 334 g/mol. The van der Waals surface area contributed by atoms with Crippen LogP contribution in [0.5, 0.6) is 0 Å². The number of hydrogen-bond acceptors (Lipinski definition) is 5. The number of ether oxygens (including phenoxy) is 1. The summed E-state index contributed by atoms with van der Waals surface area (Å²) in [7, 11) is 0. The lowest BCUT2D eigenvalue weighted by Gasteiger charge is -2.26. The van der Waals surface area contributed by atoms with Gasteiger partial charge in [-0.3, -0.25) is 9.59 Å². The summed E-state index contributed by atoms with van der Waals surface area (Å²) >= 11 is 0. The number of nitrogens with zero attached hydrogens (tertiary/aromatic N) is 5. The van der Waals surface area contributed by atoms with E-state index in [9.17, 15) is 9.59 Å². The van der Waals surface area contributed by atoms with Crippen LogP contribution in [0.2, 0.25) is 0 Å². The number of aromatic nitrogens is 4. The minimum Gasteiger partial charge on any atom is -0.378 e. The predicted octanol–water partition coefficient (Wildman–Crippen LogP) is 0.749. The molecule has 1 aliphatic rings. The second kappa shape index (κ2) is 6.72. The van der Waals surface area contributed by atoms with E-state index in [0.717, 1.165) is 5.69 Å². The van der Waals surface area contributed by atoms with E-state index in [4.69, 9.17) is 4.74 Å². The molecule has 0 saturated carbocycles. The van der Waals surface area contributed by atoms with Crippen molar-refractivity contribution in [2.45, 2.75) is 13.5 Å². The molecule has 0 atom stereocenters. The molecule has 26 heavy (non-hydrogen) atoms. The fourth-order valence-corrected chi connectivity index (χ4v) is 3.13. The molecule has 0 N–H and O–H groups in total. The quantitative estimate of drug-likeness (QED) is 0.694. The van der Waals surface area contributed by atoms with Gasteiger partial charge in [-0.15, -0.1) is 0 Å². The average molecular weight is 353 g/mol. The fourth-order valence-electron chi connectivity index (χ4n) is 3.13. The van der Waals surface area contributed by atoms with Crippen molar-refractivity contribution in [3.8, 4) is 5.69 Å². The van der Waals surface area contributed by atoms with Gasteiger partial charge in [-0.1, -0.05) is 18.2 Å². The number of para-hydroxylation sites is 1. The summed E-state index contributed by atoms with van der Waals surface area (Å²) in [5.41, 5.74) is 1.56. The fraction of sp³-hybridized carbons (Fsp3) is 0.333. The lowest BCUT2D eigenvalue weighted by Crippen LogP contribution is -2.44. The van der Waals surface area contributed by atoms with Crippen LogP contribution in [0.4, 0.5) is 0 Å². The lowest BCUT2D eigenvalue weighted by atomic mass is 10.2. The predicted molar refractivity (Wildman–Crippen MR) is 95.3 cm³/mol. The number of carbonyl (C=O) groups excluding carboxylic acids is 1. The molecule has 2 aromatic heterocycles. The zero-order chi connectivity index (χ0) is 18.1. The van der Waals surface area contributed by atoms with Crippen molar-refractivity contribution in [3.63, 3.8) is 0 Å². The van der Waals surface area contributed by atoms with Crippen LogP contribution in [-0.2, 0) is 16.1 Å². The van der Waals surface area contributed by atoms with Gasteiger partial charge in [0.2, 0.25) is 5.91 Å². The van der Waals surface area contributed by atoms with Gasteiger partial charge < -0.3 is 9.64 Å². The van der Waals surface area contributed by atoms with Crippen molar-refractivity contribution in [2.75, 3.05) is 26.3 Å². The molecule has 134 valence electrons. The molecule has 1 aromatic carbocycles. The standard InChI is InChI=1S/C18H19N5O3/c1-13-15-11-19-23(14-5-3-2-4-6-14)17(15)18(25)22(20-13)12-16(24)21-7-9-26-10-8-21/h2-6,11H,7-10,12H2,1H3. The molecule has 8 nitrogen and oxygen atoms in total. The maximum absolute atomic E-state index is 13.0. The van der Waals surface area contributed by atoms with Gasteiger partial charge >= 0.3 is 0 Å². The average Bonchev–Trinajstić information content (AvgIpc) is 3.13. The van der Waals surface area contributed by atoms with Gasteiger partial charge in [0.1, 0.15) is 12.1 Å². The molecule has 4 rings (SSSR count). The van der Waals surface area contributed by atoms with Crippen LogP contribution in [0.15, 0.2) is 41.3 Å². The number of carbonyl (C=O) groups is 1. The van der Waals surface area contributed by atoms with E-state index in [1.807, 2.05) is 37.3 Å². The van der Waals surface area contributed by atoms with Gasteiger partial charge in [-0.2, -0.15) is 10.2 Å². The van der Waals surface area contributed by atoms with Gasteiger partial charge in [0.05, 0.1) is 30.8 Å². The Morgan fingerprint density at radius 1 is 1.19 bits per heavy atom. The van der Waals surface area contributed by atoms with Gasteiger partial charge in [-0.05, 0) is 19.1 Å². The van der Waals surface area contributed by atoms with Gasteiger partial charge in [0, 0.05) is 18.5 Å². The summed E-state index contributed by atoms with van der Waals surface area (Å²) in [4.78, 5) is 27.2. The normalized spacial score (nSPS) is 14.7. The van der Waals surface area contributed by atoms with Crippen LogP contribution < -0.4 is 5.56 Å². The Morgan fingerprint density at radius 3 is 2.65 bits per heavy atom. The Balaban J connectivity index is 1.75. The number of hydrogen-bond donors (Lipinski definition) is 0. The highest BCUT2D eigenvalue weighted by atomic mass is 16.5. The number of morpholine rings is 1. The van der Waals surface area contributed by atoms with Crippen LogP contribution in [0, 0.1) is 6.92 Å². The van der Waals surface area contributed by atoms with Crippen molar-refractivity contribution in [3.05, 3.63) is 52.6 Å². The van der Waals surface area contributed by atoms with Crippen molar-refractivity contribution >= 4 is 16.8 Å². The molecule has 1 amide bonds. The molecule has 0 aliphatic carbocycles. The summed E-state index contributed by atoms with van der Waals surface area (Å²) < 4.78 is 8.10. The summed E-state index contributed by atoms with van der Waals surface area (Å²) in [6.07, 6.45) is 1.64. The maximum atomic E-state index is 13.0. The first-order chi connectivity index (χ1) is 12.6. The molecular formula is C18H19N5O3. The molecule has 1 saturated heterocycles. The topological polar surface area (TPSA) is 82.2 Å². The van der Waals surface area contributed by atoms with Gasteiger partial charge in [-0.25, -0.2) is 9.36 Å². The first-order valence-corrected chi connectivity index (χ1v) is 8.51. The molecule has 3 heterocycles. The first kappa shape index (κ1) is 16.5. The number of aryl methyl sites for hydroxylation is 1. The van der Waals surface area contributed by atoms with Crippen LogP contribution in [0.3, 0.4) is 0 Å². The monoisotopic (exact) mass is 353 g/mol. The highest BCUT2D eigenvalue weighted by molar-refractivity contribution is 5.82. The minimum atomic E-state index is -0.325. The molecule has 1 fully saturated rings. The third-order valence-electron chi connectivity index (χ3n) is 4.52. The smallest absolute Gasteiger partial charge is 0.293 e. The van der Waals surface area contributed by atoms with Crippen LogP contribution in [-0.4, -0.2) is 56.7 Å². The van der Waals surface area contributed by atoms with E-state index in [0.29, 0.717) is 42.9 Å². The highest BCUT2D eigenvalue weighted by Crippen LogP contribution is 2.16. The number of fused-ring (bicyclic) bond motifs is 1. The summed E-state index contributed by atoms with van der Waals surface area (Å²) in [6, 6.07) is 9.44. The van der Waals surface area contributed by atoms with Crippen molar-refractivity contribution in [1.29, 1.82) is 0 Å². The minimum absolute atomic E-state index is 0.0877. The Kier molecular flexibility index (Phi) is 4.26. The van der Waals surface area contributed by atoms with Crippen molar-refractivity contribution < 1.29 is 9.53 Å². The third kappa shape index (κ3) is 2.88. The first-order valence-electron chi connectivity index (χ1n) is 8.51. The molecule has 0 bridgehead atoms. The lowest BCUT2D eigenvalue weighted by molar-refractivity contribution is -0.136. The molecule has 3 aromatic rings. The van der Waals surface area contributed by atoms with E-state index in [-0.39, 0.29) is 18.0 Å². The van der Waals surface area contributed by atoms with Gasteiger partial charge in [0.25, 0.3) is 5.56 Å². The number of amides is 1. The second-order valence-corrected chi connectivity index (χ2v) is 6.20. The van der Waals surface area contributed by atoms with E-state index in [1.54, 1.807) is 15.8 Å². The van der Waals surface area contributed by atoms with Crippen molar-refractivity contribution in [2.24, 2.45) is 0 Å². The van der Waals surface area contributed by atoms with E-state index < -0.39 is 0 Å². The Morgan fingerprint density at radius 2 is 1.92 bits per heavy atom. The maximum Gasteiger partial charge on any atom is 0.293 e. The van der Waals surface area contributed by atoms with E-state index in [2.05, 4.69) is 10.2 Å². The molecule has 8 heteroatoms. The SMILES string of the molecule is Cc1nn(CC(=O)N2CCOCC2)c(=O)c2c1cnn2-c1ccccc1. The van der Waals surface area contributed by atoms with Crippen LogP contribution >= 0.6 is 0 Å². The largest absolute Gasteiger partial charge is 0.378 e. The van der Waals surface area contributed by atoms with Crippen molar-refractivity contribution in [1.82, 2.24) is 24.5 Å². The van der Waals surface area contributed by atoms with Gasteiger partial charge in [0.15, 0.2) is 0 Å². The Labute approximate surface area is 149 Å². The van der Waals surface area contributed by atoms with E-state index in [1.165, 1.54) is 4.68 Å². The summed E-state index contributed by atoms with van der Waals surface area (Å²) in [6.45, 7) is 3.84. The summed E-state index contributed by atoms with van der Waals surface area (Å²) in [5.74, 6) is -0.132. The van der Waals surface area contributed by atoms with Crippen LogP contribution in [0.25, 0.3) is 16.6 Å². The summed E-state index contributed by atoms with van der Waals surface area (Å²) in [5, 5.41) is 9.35. The Bertz CT molecular complexity index is 1000. The molecule has 0 spiro atoms. The zero-order valence-electron chi connectivity index (χ0n) is 14.5. The molecule has 0 radical (unpaired) electrons. The second-order valence-electron chi connectivity index (χ2n) is 6.20. The molecule has 1 aliphatic heterocycles. The number of rotatable bonds is 3. The van der Waals surface area contributed by atoms with Crippen LogP contribution in [0.1, 0.15) is 5.69 Å². The zero-order valence-corrected chi connectivity index (χ0v) is 14.5. The molecule has 0 unspecified atom stereocenters. The van der Waals surface area contributed by atoms with E-state index >= 15 is 0 Å². The number of benzene rings is 1. The highest BCUT2D eigenvalue weighted by Gasteiger charge is 2.20.